The van der Waals surface area contributed by atoms with E-state index in [2.05, 4.69) is 27.9 Å². The molecular weight excluding hydrogens is 202 g/mol. The molecule has 5 heteroatoms. The number of nitrogens with two attached hydrogens (primary N) is 1. The number of rotatable bonds is 1. The van der Waals surface area contributed by atoms with Crippen LogP contribution in [0.1, 0.15) is 5.56 Å². The smallest absolute Gasteiger partial charge is 0.146 e. The normalized spacial score (nSPS) is 17.1. The Balaban J connectivity index is 2.24. The van der Waals surface area contributed by atoms with Crippen molar-refractivity contribution >= 4 is 11.5 Å². The summed E-state index contributed by atoms with van der Waals surface area (Å²) in [6.07, 6.45) is 1.61. The molecule has 1 aliphatic heterocycles. The van der Waals surface area contributed by atoms with Crippen molar-refractivity contribution in [1.82, 2.24) is 9.88 Å². The summed E-state index contributed by atoms with van der Waals surface area (Å²) in [5.41, 5.74) is 6.71. The second-order valence-corrected chi connectivity index (χ2v) is 4.04. The van der Waals surface area contributed by atoms with Crippen molar-refractivity contribution in [2.24, 2.45) is 0 Å². The van der Waals surface area contributed by atoms with E-state index in [9.17, 15) is 0 Å². The molecule has 1 fully saturated rings. The van der Waals surface area contributed by atoms with Gasteiger partial charge in [0.05, 0.1) is 17.4 Å². The van der Waals surface area contributed by atoms with Crippen molar-refractivity contribution in [3.05, 3.63) is 17.8 Å². The van der Waals surface area contributed by atoms with E-state index in [1.54, 1.807) is 12.3 Å². The maximum Gasteiger partial charge on any atom is 0.146 e. The van der Waals surface area contributed by atoms with Crippen LogP contribution in [0.15, 0.2) is 12.3 Å². The van der Waals surface area contributed by atoms with Gasteiger partial charge in [-0.3, -0.25) is 0 Å². The van der Waals surface area contributed by atoms with Gasteiger partial charge in [0.25, 0.3) is 0 Å². The average molecular weight is 217 g/mol. The molecule has 1 aromatic heterocycles. The first-order valence-corrected chi connectivity index (χ1v) is 5.30. The minimum absolute atomic E-state index is 0.537. The van der Waals surface area contributed by atoms with Crippen molar-refractivity contribution in [2.45, 2.75) is 0 Å². The van der Waals surface area contributed by atoms with Crippen LogP contribution in [0.3, 0.4) is 0 Å². The second-order valence-electron chi connectivity index (χ2n) is 4.04. The lowest BCUT2D eigenvalue weighted by Crippen LogP contribution is -2.45. The number of nitriles is 1. The fourth-order valence-corrected chi connectivity index (χ4v) is 1.83. The van der Waals surface area contributed by atoms with Gasteiger partial charge in [-0.25, -0.2) is 4.98 Å². The topological polar surface area (TPSA) is 69.2 Å². The van der Waals surface area contributed by atoms with Gasteiger partial charge in [0.15, 0.2) is 0 Å². The lowest BCUT2D eigenvalue weighted by Gasteiger charge is -2.33. The number of nitrogens with zero attached hydrogens (tertiary/aromatic N) is 4. The molecule has 0 saturated carbocycles. The molecule has 1 aliphatic rings. The van der Waals surface area contributed by atoms with Crippen LogP contribution in [0.2, 0.25) is 0 Å². The molecule has 2 N–H and O–H groups in total. The van der Waals surface area contributed by atoms with Gasteiger partial charge in [0, 0.05) is 26.2 Å². The Bertz CT molecular complexity index is 415. The molecule has 1 aromatic rings. The largest absolute Gasteiger partial charge is 0.397 e. The van der Waals surface area contributed by atoms with E-state index in [-0.39, 0.29) is 0 Å². The van der Waals surface area contributed by atoms with Crippen molar-refractivity contribution in [1.29, 1.82) is 5.26 Å². The summed E-state index contributed by atoms with van der Waals surface area (Å²) in [6, 6.07) is 3.83. The summed E-state index contributed by atoms with van der Waals surface area (Å²) in [5, 5.41) is 9.04. The summed E-state index contributed by atoms with van der Waals surface area (Å²) in [4.78, 5) is 8.66. The number of likely N-dealkylation sites (N-methyl/N-ethyl adjacent to an activating group) is 1. The number of hydrogen-bond donors (Lipinski definition) is 1. The Morgan fingerprint density at radius 3 is 2.69 bits per heavy atom. The van der Waals surface area contributed by atoms with E-state index in [0.29, 0.717) is 11.3 Å². The van der Waals surface area contributed by atoms with Crippen LogP contribution in [0, 0.1) is 11.3 Å². The SMILES string of the molecule is CN1CCN(c2ncc(N)cc2C#N)CC1. The van der Waals surface area contributed by atoms with Crippen molar-refractivity contribution < 1.29 is 0 Å². The highest BCUT2D eigenvalue weighted by Gasteiger charge is 2.18. The lowest BCUT2D eigenvalue weighted by atomic mass is 10.2. The molecule has 0 bridgehead atoms. The molecular formula is C11H15N5. The van der Waals surface area contributed by atoms with Crippen LogP contribution in [0.4, 0.5) is 11.5 Å². The van der Waals surface area contributed by atoms with Crippen molar-refractivity contribution in [3.63, 3.8) is 0 Å². The molecule has 5 nitrogen and oxygen atoms in total. The van der Waals surface area contributed by atoms with Gasteiger partial charge in [-0.1, -0.05) is 0 Å². The zero-order chi connectivity index (χ0) is 11.5. The fourth-order valence-electron chi connectivity index (χ4n) is 1.83. The summed E-state index contributed by atoms with van der Waals surface area (Å²) >= 11 is 0. The molecule has 0 spiro atoms. The van der Waals surface area contributed by atoms with Gasteiger partial charge in [-0.15, -0.1) is 0 Å². The molecule has 0 unspecified atom stereocenters. The minimum Gasteiger partial charge on any atom is -0.397 e. The van der Waals surface area contributed by atoms with E-state index in [1.807, 2.05) is 0 Å². The molecule has 0 aliphatic carbocycles. The Labute approximate surface area is 95.1 Å². The van der Waals surface area contributed by atoms with Crippen LogP contribution < -0.4 is 10.6 Å². The van der Waals surface area contributed by atoms with Crippen LogP contribution in [-0.2, 0) is 0 Å². The van der Waals surface area contributed by atoms with E-state index in [1.165, 1.54) is 0 Å². The standard InChI is InChI=1S/C11H15N5/c1-15-2-4-16(5-3-15)11-9(7-12)6-10(13)8-14-11/h6,8H,2-5,13H2,1H3. The average Bonchev–Trinajstić information content (AvgIpc) is 2.30. The third-order valence-electron chi connectivity index (χ3n) is 2.81. The lowest BCUT2D eigenvalue weighted by molar-refractivity contribution is 0.312. The number of nitrogen functional groups attached to an aromatic ring is 1. The Hall–Kier alpha value is -1.80. The van der Waals surface area contributed by atoms with Gasteiger partial charge in [0.2, 0.25) is 0 Å². The highest BCUT2D eigenvalue weighted by molar-refractivity contribution is 5.59. The van der Waals surface area contributed by atoms with Gasteiger partial charge in [-0.2, -0.15) is 5.26 Å². The fraction of sp³-hybridized carbons (Fsp3) is 0.455. The van der Waals surface area contributed by atoms with Gasteiger partial charge >= 0.3 is 0 Å². The highest BCUT2D eigenvalue weighted by Crippen LogP contribution is 2.20. The van der Waals surface area contributed by atoms with Gasteiger partial charge in [0.1, 0.15) is 11.9 Å². The zero-order valence-electron chi connectivity index (χ0n) is 9.35. The maximum absolute atomic E-state index is 9.04. The predicted octanol–water partition coefficient (Wildman–Crippen LogP) is 0.287. The third-order valence-corrected chi connectivity index (χ3v) is 2.81. The molecule has 16 heavy (non-hydrogen) atoms. The van der Waals surface area contributed by atoms with E-state index in [4.69, 9.17) is 11.0 Å². The molecule has 2 heterocycles. The van der Waals surface area contributed by atoms with Gasteiger partial charge in [-0.05, 0) is 13.1 Å². The Morgan fingerprint density at radius 2 is 2.06 bits per heavy atom. The number of pyridine rings is 1. The summed E-state index contributed by atoms with van der Waals surface area (Å²) in [6.45, 7) is 3.80. The third kappa shape index (κ3) is 2.07. The monoisotopic (exact) mass is 217 g/mol. The van der Waals surface area contributed by atoms with Crippen molar-refractivity contribution in [3.8, 4) is 6.07 Å². The summed E-state index contributed by atoms with van der Waals surface area (Å²) < 4.78 is 0. The quantitative estimate of drug-likeness (QED) is 0.732. The van der Waals surface area contributed by atoms with E-state index in [0.717, 1.165) is 32.0 Å². The Kier molecular flexibility index (Phi) is 2.93. The number of hydrogen-bond acceptors (Lipinski definition) is 5. The molecule has 0 amide bonds. The first-order valence-electron chi connectivity index (χ1n) is 5.30. The van der Waals surface area contributed by atoms with Crippen LogP contribution in [-0.4, -0.2) is 43.1 Å². The molecule has 1 saturated heterocycles. The molecule has 0 atom stereocenters. The van der Waals surface area contributed by atoms with E-state index >= 15 is 0 Å². The Morgan fingerprint density at radius 1 is 1.38 bits per heavy atom. The minimum atomic E-state index is 0.537. The number of aromatic nitrogens is 1. The molecule has 0 radical (unpaired) electrons. The first-order chi connectivity index (χ1) is 7.70. The number of piperazine rings is 1. The van der Waals surface area contributed by atoms with Gasteiger partial charge < -0.3 is 15.5 Å². The maximum atomic E-state index is 9.04. The second kappa shape index (κ2) is 4.37. The molecule has 0 aromatic carbocycles. The highest BCUT2D eigenvalue weighted by atomic mass is 15.3. The number of anilines is 2. The van der Waals surface area contributed by atoms with E-state index < -0.39 is 0 Å². The summed E-state index contributed by atoms with van der Waals surface area (Å²) in [5.74, 6) is 0.754. The predicted molar refractivity (Wildman–Crippen MR) is 63.1 cm³/mol. The molecule has 84 valence electrons. The zero-order valence-corrected chi connectivity index (χ0v) is 9.35. The summed E-state index contributed by atoms with van der Waals surface area (Å²) in [7, 11) is 2.10. The van der Waals surface area contributed by atoms with Crippen LogP contribution in [0.25, 0.3) is 0 Å². The first kappa shape index (κ1) is 10.7. The van der Waals surface area contributed by atoms with Crippen LogP contribution in [0.5, 0.6) is 0 Å². The van der Waals surface area contributed by atoms with Crippen molar-refractivity contribution in [2.75, 3.05) is 43.9 Å². The van der Waals surface area contributed by atoms with Crippen LogP contribution >= 0.6 is 0 Å². The molecule has 2 rings (SSSR count).